The van der Waals surface area contributed by atoms with Gasteiger partial charge in [0.25, 0.3) is 0 Å². The molecule has 2 unspecified atom stereocenters. The number of nitrogens with one attached hydrogen (secondary N) is 1. The van der Waals surface area contributed by atoms with Crippen LogP contribution in [0.15, 0.2) is 114 Å². The summed E-state index contributed by atoms with van der Waals surface area (Å²) < 4.78 is 76.5. The molecule has 0 spiro atoms. The summed E-state index contributed by atoms with van der Waals surface area (Å²) in [7, 11) is -3.57. The van der Waals surface area contributed by atoms with Crippen LogP contribution in [-0.2, 0) is 49.2 Å². The molecular weight excluding hydrogens is 786 g/mol. The number of hydrogen-bond donors (Lipinski definition) is 1. The van der Waals surface area contributed by atoms with Crippen LogP contribution in [0, 0.1) is 5.82 Å². The monoisotopic (exact) mass is 821 g/mol. The van der Waals surface area contributed by atoms with Gasteiger partial charge in [-0.2, -0.15) is 0 Å². The topological polar surface area (TPSA) is 165 Å². The highest BCUT2D eigenvalue weighted by Gasteiger charge is 2.22. The van der Waals surface area contributed by atoms with E-state index in [4.69, 9.17) is 34.5 Å². The normalized spacial score (nSPS) is 12.9. The molecule has 0 bridgehead atoms. The van der Waals surface area contributed by atoms with Gasteiger partial charge >= 0.3 is 13.7 Å². The van der Waals surface area contributed by atoms with E-state index in [0.29, 0.717) is 55.8 Å². The summed E-state index contributed by atoms with van der Waals surface area (Å²) >= 11 is 4.22. The molecule has 1 N–H and O–H groups in total. The fourth-order valence-corrected chi connectivity index (χ4v) is 6.71. The van der Waals surface area contributed by atoms with Crippen LogP contribution in [0.25, 0.3) is 22.2 Å². The van der Waals surface area contributed by atoms with E-state index in [1.807, 2.05) is 48.5 Å². The predicted molar refractivity (Wildman–Crippen MR) is 209 cm³/mol. The lowest BCUT2D eigenvalue weighted by Gasteiger charge is -2.22. The third-order valence-corrected chi connectivity index (χ3v) is 10.3. The van der Waals surface area contributed by atoms with Crippen LogP contribution in [0.3, 0.4) is 0 Å². The van der Waals surface area contributed by atoms with Gasteiger partial charge < -0.3 is 33.2 Å². The van der Waals surface area contributed by atoms with Crippen LogP contribution < -0.4 is 10.1 Å². The molecule has 0 aliphatic rings. The molecule has 17 heteroatoms. The van der Waals surface area contributed by atoms with Crippen molar-refractivity contribution in [3.8, 4) is 17.1 Å². The van der Waals surface area contributed by atoms with E-state index < -0.39 is 31.6 Å². The predicted octanol–water partition coefficient (Wildman–Crippen LogP) is 9.23. The van der Waals surface area contributed by atoms with Gasteiger partial charge in [0.15, 0.2) is 0 Å². The molecule has 0 aliphatic carbocycles. The van der Waals surface area contributed by atoms with Gasteiger partial charge in [0.1, 0.15) is 41.8 Å². The molecule has 0 saturated carbocycles. The Morgan fingerprint density at radius 3 is 2.57 bits per heavy atom. The zero-order chi connectivity index (χ0) is 39.5. The molecule has 292 valence electrons. The van der Waals surface area contributed by atoms with E-state index in [0.717, 1.165) is 5.56 Å². The Morgan fingerprint density at radius 1 is 0.964 bits per heavy atom. The zero-order valence-electron chi connectivity index (χ0n) is 30.0. The van der Waals surface area contributed by atoms with E-state index in [2.05, 4.69) is 15.3 Å². The number of anilines is 2. The molecule has 2 aromatic heterocycles. The average Bonchev–Trinajstić information content (AvgIpc) is 3.65. The Hall–Kier alpha value is -5.15. The van der Waals surface area contributed by atoms with Crippen LogP contribution in [-0.4, -0.2) is 55.5 Å². The largest absolute Gasteiger partial charge is 0.772 e. The summed E-state index contributed by atoms with van der Waals surface area (Å²) in [6, 6.07) is 29.4. The summed E-state index contributed by atoms with van der Waals surface area (Å²) in [5.41, 5.74) is 3.45. The molecule has 0 aliphatic heterocycles. The van der Waals surface area contributed by atoms with Gasteiger partial charge in [-0.15, -0.1) is 0 Å². The Bertz CT molecular complexity index is 2350. The van der Waals surface area contributed by atoms with E-state index in [9.17, 15) is 22.5 Å². The number of halogens is 2. The van der Waals surface area contributed by atoms with Crippen molar-refractivity contribution in [2.75, 3.05) is 31.1 Å². The molecule has 6 rings (SSSR count). The highest BCUT2D eigenvalue weighted by Crippen LogP contribution is 2.44. The number of rotatable bonds is 18. The van der Waals surface area contributed by atoms with Crippen molar-refractivity contribution in [3.05, 3.63) is 137 Å². The van der Waals surface area contributed by atoms with Crippen LogP contribution in [0.5, 0.6) is 5.75 Å². The van der Waals surface area contributed by atoms with Crippen molar-refractivity contribution in [1.29, 1.82) is 0 Å². The maximum Gasteiger partial charge on any atom is 0.412 e. The van der Waals surface area contributed by atoms with E-state index in [1.165, 1.54) is 30.0 Å². The van der Waals surface area contributed by atoms with Crippen molar-refractivity contribution in [1.82, 2.24) is 14.9 Å². The number of nitrogens with zero attached hydrogens (tertiary/aromatic N) is 3. The second-order valence-electron chi connectivity index (χ2n) is 12.4. The molecule has 2 atom stereocenters. The summed E-state index contributed by atoms with van der Waals surface area (Å²) in [6.07, 6.45) is 0.751. The molecule has 2 heterocycles. The average molecular weight is 822 g/mol. The molecule has 56 heavy (non-hydrogen) atoms. The Morgan fingerprint density at radius 2 is 1.79 bits per heavy atom. The maximum atomic E-state index is 13.6. The summed E-state index contributed by atoms with van der Waals surface area (Å²) in [5.74, 6) is 1.29. The fraction of sp³-hybridized carbons (Fsp3) is 0.205. The number of hydrogen-bond acceptors (Lipinski definition) is 12. The van der Waals surface area contributed by atoms with Gasteiger partial charge in [-0.3, -0.25) is 13.3 Å². The standard InChI is InChI=1S/C39H37ClFN4O9PS/c1-55(47,52-24-27-7-3-2-4-8-27)53-26-51-39(46)45(17-6-18-56(48)49)22-32-13-16-36(54-32)29-11-14-35-33(20-29)38(43-25-42-35)44-31-12-15-37(34(40)21-31)50-23-28-9-5-10-30(41)19-28/h2-5,7-16,19-21,25H,6,17-18,22-24,26H2,1H3,(H,48,49)(H,42,43,44)/p-1. The van der Waals surface area contributed by atoms with Crippen LogP contribution in [0.4, 0.5) is 20.7 Å². The van der Waals surface area contributed by atoms with Gasteiger partial charge in [-0.25, -0.2) is 19.2 Å². The molecule has 0 saturated heterocycles. The maximum absolute atomic E-state index is 13.6. The molecular formula is C39H36ClFN4O9PS-. The van der Waals surface area contributed by atoms with E-state index in [1.54, 1.807) is 42.5 Å². The Balaban J connectivity index is 1.10. The number of fused-ring (bicyclic) bond motifs is 1. The van der Waals surface area contributed by atoms with Crippen molar-refractivity contribution < 1.29 is 45.5 Å². The van der Waals surface area contributed by atoms with Crippen molar-refractivity contribution in [3.63, 3.8) is 0 Å². The fourth-order valence-electron chi connectivity index (χ4n) is 5.41. The van der Waals surface area contributed by atoms with Crippen molar-refractivity contribution in [2.24, 2.45) is 0 Å². The first kappa shape index (κ1) is 40.5. The second kappa shape index (κ2) is 19.1. The third-order valence-electron chi connectivity index (χ3n) is 8.18. The minimum Gasteiger partial charge on any atom is -0.772 e. The zero-order valence-corrected chi connectivity index (χ0v) is 32.4. The number of carbonyl (C=O) groups is 1. The van der Waals surface area contributed by atoms with E-state index in [-0.39, 0.29) is 44.3 Å². The molecule has 1 amide bonds. The van der Waals surface area contributed by atoms with E-state index >= 15 is 0 Å². The highest BCUT2D eigenvalue weighted by atomic mass is 35.5. The van der Waals surface area contributed by atoms with Crippen LogP contribution in [0.1, 0.15) is 23.3 Å². The number of benzene rings is 4. The first-order valence-corrected chi connectivity index (χ1v) is 20.8. The molecule has 6 aromatic rings. The number of aromatic nitrogens is 2. The highest BCUT2D eigenvalue weighted by molar-refractivity contribution is 7.79. The minimum atomic E-state index is -3.57. The second-order valence-corrected chi connectivity index (χ2v) is 15.9. The minimum absolute atomic E-state index is 0.0314. The van der Waals surface area contributed by atoms with Crippen LogP contribution >= 0.6 is 19.2 Å². The lowest BCUT2D eigenvalue weighted by atomic mass is 10.1. The number of ether oxygens (including phenoxy) is 2. The smallest absolute Gasteiger partial charge is 0.412 e. The van der Waals surface area contributed by atoms with Crippen molar-refractivity contribution in [2.45, 2.75) is 26.2 Å². The summed E-state index contributed by atoms with van der Waals surface area (Å²) in [5, 5.41) is 4.31. The number of carbonyl (C=O) groups excluding carboxylic acids is 1. The lowest BCUT2D eigenvalue weighted by molar-refractivity contribution is 0.0238. The Kier molecular flexibility index (Phi) is 13.8. The molecule has 4 aromatic carbocycles. The van der Waals surface area contributed by atoms with Crippen LogP contribution in [0.2, 0.25) is 5.02 Å². The van der Waals surface area contributed by atoms with Gasteiger partial charge in [-0.05, 0) is 78.2 Å². The molecule has 0 radical (unpaired) electrons. The lowest BCUT2D eigenvalue weighted by Crippen LogP contribution is -2.33. The number of furan rings is 1. The third kappa shape index (κ3) is 11.7. The molecule has 13 nitrogen and oxygen atoms in total. The first-order chi connectivity index (χ1) is 27.0. The number of amides is 1. The van der Waals surface area contributed by atoms with Gasteiger partial charge in [0, 0.05) is 35.6 Å². The SMILES string of the molecule is CP(=O)(OCOC(=O)N(CCCS(=O)[O-])Cc1ccc(-c2ccc3ncnc(Nc4ccc(OCc5cccc(F)c5)c(Cl)c4)c3c2)o1)OCc1ccccc1. The first-order valence-electron chi connectivity index (χ1n) is 17.2. The van der Waals surface area contributed by atoms with Gasteiger partial charge in [-0.1, -0.05) is 65.1 Å². The Labute approximate surface area is 329 Å². The summed E-state index contributed by atoms with van der Waals surface area (Å²) in [6.45, 7) is 0.798. The van der Waals surface area contributed by atoms with Crippen molar-refractivity contribution >= 4 is 58.8 Å². The molecule has 0 fully saturated rings. The quantitative estimate of drug-likeness (QED) is 0.0497. The summed E-state index contributed by atoms with van der Waals surface area (Å²) in [4.78, 5) is 23.2. The van der Waals surface area contributed by atoms with Gasteiger partial charge in [0.2, 0.25) is 6.79 Å². The van der Waals surface area contributed by atoms with Gasteiger partial charge in [0.05, 0.1) is 23.7 Å².